The molecule has 4 rings (SSSR count). The van der Waals surface area contributed by atoms with Crippen molar-refractivity contribution in [2.75, 3.05) is 18.6 Å². The lowest BCUT2D eigenvalue weighted by molar-refractivity contribution is -0.136. The fourth-order valence-corrected chi connectivity index (χ4v) is 5.61. The lowest BCUT2D eigenvalue weighted by Crippen LogP contribution is -2.10. The summed E-state index contributed by atoms with van der Waals surface area (Å²) >= 11 is 1.47. The van der Waals surface area contributed by atoms with E-state index in [2.05, 4.69) is 14.7 Å². The van der Waals surface area contributed by atoms with Gasteiger partial charge in [-0.05, 0) is 61.6 Å². The highest BCUT2D eigenvalue weighted by atomic mass is 32.2. The lowest BCUT2D eigenvalue weighted by Gasteiger charge is -2.13. The highest BCUT2D eigenvalue weighted by Crippen LogP contribution is 2.38. The van der Waals surface area contributed by atoms with E-state index in [1.54, 1.807) is 12.1 Å². The van der Waals surface area contributed by atoms with Crippen molar-refractivity contribution in [1.82, 2.24) is 14.7 Å². The number of ether oxygens (including phenoxy) is 1. The van der Waals surface area contributed by atoms with Crippen LogP contribution >= 0.6 is 11.9 Å². The number of fused-ring (bicyclic) bond motifs is 1. The summed E-state index contributed by atoms with van der Waals surface area (Å²) in [5, 5.41) is 0.0270. The van der Waals surface area contributed by atoms with E-state index in [-0.39, 0.29) is 44.3 Å². The van der Waals surface area contributed by atoms with Gasteiger partial charge in [0.05, 0.1) is 27.4 Å². The average Bonchev–Trinajstić information content (AvgIpc) is 2.88. The first-order valence-corrected chi connectivity index (χ1v) is 14.4. The Morgan fingerprint density at radius 2 is 1.74 bits per heavy atom. The van der Waals surface area contributed by atoms with Gasteiger partial charge < -0.3 is 4.74 Å². The van der Waals surface area contributed by atoms with Crippen molar-refractivity contribution in [3.05, 3.63) is 78.4 Å². The number of sulfone groups is 1. The fraction of sp³-hybridized carbons (Fsp3) is 0.231. The van der Waals surface area contributed by atoms with Gasteiger partial charge in [0.2, 0.25) is 0 Å². The Morgan fingerprint density at radius 1 is 0.974 bits per heavy atom. The Labute approximate surface area is 221 Å². The normalized spacial score (nSPS) is 12.1. The monoisotopic (exact) mass is 565 g/mol. The Kier molecular flexibility index (Phi) is 8.54. The molecule has 0 spiro atoms. The van der Waals surface area contributed by atoms with Crippen molar-refractivity contribution in [3.8, 4) is 22.8 Å². The average molecular weight is 566 g/mol. The molecule has 3 aromatic carbocycles. The van der Waals surface area contributed by atoms with E-state index >= 15 is 0 Å². The first kappa shape index (κ1) is 27.8. The molecule has 0 amide bonds. The van der Waals surface area contributed by atoms with Crippen LogP contribution in [0.15, 0.2) is 71.9 Å². The summed E-state index contributed by atoms with van der Waals surface area (Å²) in [4.78, 5) is 7.91. The van der Waals surface area contributed by atoms with Gasteiger partial charge in [-0.25, -0.2) is 22.8 Å². The van der Waals surface area contributed by atoms with E-state index in [0.717, 1.165) is 18.5 Å². The van der Waals surface area contributed by atoms with Crippen LogP contribution < -0.4 is 9.46 Å². The maximum Gasteiger partial charge on any atom is 0.418 e. The van der Waals surface area contributed by atoms with Crippen molar-refractivity contribution >= 4 is 32.7 Å². The minimum Gasteiger partial charge on any atom is -0.457 e. The largest absolute Gasteiger partial charge is 0.457 e. The van der Waals surface area contributed by atoms with Crippen LogP contribution in [0.5, 0.6) is 11.5 Å². The topological polar surface area (TPSA) is 81.2 Å². The van der Waals surface area contributed by atoms with Crippen molar-refractivity contribution in [2.24, 2.45) is 0 Å². The van der Waals surface area contributed by atoms with Crippen molar-refractivity contribution < 1.29 is 30.7 Å². The molecule has 6 nitrogen and oxygen atoms in total. The van der Waals surface area contributed by atoms with Crippen LogP contribution in [0.1, 0.15) is 18.4 Å². The van der Waals surface area contributed by atoms with Gasteiger partial charge in [-0.1, -0.05) is 30.1 Å². The lowest BCUT2D eigenvalue weighted by atomic mass is 10.0. The SMILES string of the molecule is CSNCCCCS(=O)(=O)c1cccc(Oc2ccc(F)c(-c3ncnc4c(C(F)(F)F)cccc34)c2)c1. The molecule has 0 bridgehead atoms. The van der Waals surface area contributed by atoms with Gasteiger partial charge in [-0.2, -0.15) is 13.2 Å². The van der Waals surface area contributed by atoms with Crippen molar-refractivity contribution in [2.45, 2.75) is 23.9 Å². The van der Waals surface area contributed by atoms with E-state index < -0.39 is 27.4 Å². The Bertz CT molecular complexity index is 1550. The second kappa shape index (κ2) is 11.7. The van der Waals surface area contributed by atoms with Crippen LogP contribution in [0, 0.1) is 5.82 Å². The number of unbranched alkanes of at least 4 members (excludes halogenated alkanes) is 1. The second-order valence-electron chi connectivity index (χ2n) is 8.26. The predicted molar refractivity (Wildman–Crippen MR) is 139 cm³/mol. The van der Waals surface area contributed by atoms with Gasteiger partial charge in [-0.15, -0.1) is 0 Å². The summed E-state index contributed by atoms with van der Waals surface area (Å²) in [7, 11) is -3.54. The molecule has 1 N–H and O–H groups in total. The molecule has 0 radical (unpaired) electrons. The van der Waals surface area contributed by atoms with E-state index in [4.69, 9.17) is 4.74 Å². The molecule has 200 valence electrons. The third-order valence-electron chi connectivity index (χ3n) is 5.65. The molecule has 4 aromatic rings. The third kappa shape index (κ3) is 6.43. The molecule has 0 aliphatic carbocycles. The number of para-hydroxylation sites is 1. The van der Waals surface area contributed by atoms with Gasteiger partial charge in [0.25, 0.3) is 0 Å². The quantitative estimate of drug-likeness (QED) is 0.131. The number of nitrogens with one attached hydrogen (secondary N) is 1. The first-order chi connectivity index (χ1) is 18.1. The molecule has 0 atom stereocenters. The minimum atomic E-state index is -4.65. The molecular formula is C26H23F4N3O3S2. The second-order valence-corrected chi connectivity index (χ2v) is 11.1. The predicted octanol–water partition coefficient (Wildman–Crippen LogP) is 6.67. The van der Waals surface area contributed by atoms with Gasteiger partial charge in [-0.3, -0.25) is 4.72 Å². The minimum absolute atomic E-state index is 0.0199. The zero-order valence-electron chi connectivity index (χ0n) is 20.1. The van der Waals surface area contributed by atoms with Crippen LogP contribution in [0.4, 0.5) is 17.6 Å². The maximum atomic E-state index is 14.8. The number of alkyl halides is 3. The van der Waals surface area contributed by atoms with E-state index in [0.29, 0.717) is 19.4 Å². The smallest absolute Gasteiger partial charge is 0.418 e. The standard InChI is InChI=1S/C26H23F4N3O3S2/c1-37-33-12-2-3-13-38(34,35)19-7-4-6-17(14-19)36-18-10-11-23(27)21(15-18)24-20-8-5-9-22(26(28,29)30)25(20)32-16-31-24/h4-11,14-16,33H,2-3,12-13H2,1H3. The maximum absolute atomic E-state index is 14.8. The van der Waals surface area contributed by atoms with Crippen LogP contribution in [-0.4, -0.2) is 36.9 Å². The number of halogens is 4. The third-order valence-corrected chi connectivity index (χ3v) is 7.94. The molecule has 12 heteroatoms. The Morgan fingerprint density at radius 3 is 2.50 bits per heavy atom. The molecular weight excluding hydrogens is 542 g/mol. The molecule has 1 aromatic heterocycles. The number of hydrogen-bond donors (Lipinski definition) is 1. The van der Waals surface area contributed by atoms with E-state index in [9.17, 15) is 26.0 Å². The van der Waals surface area contributed by atoms with Gasteiger partial charge in [0, 0.05) is 17.5 Å². The van der Waals surface area contributed by atoms with Crippen molar-refractivity contribution in [1.29, 1.82) is 0 Å². The Balaban J connectivity index is 1.62. The van der Waals surface area contributed by atoms with Gasteiger partial charge in [0.15, 0.2) is 9.84 Å². The molecule has 0 aliphatic rings. The fourth-order valence-electron chi connectivity index (χ4n) is 3.86. The van der Waals surface area contributed by atoms with Crippen LogP contribution in [0.2, 0.25) is 0 Å². The zero-order chi connectivity index (χ0) is 27.3. The molecule has 1 heterocycles. The molecule has 0 unspecified atom stereocenters. The Hall–Kier alpha value is -3.22. The van der Waals surface area contributed by atoms with Crippen LogP contribution in [0.25, 0.3) is 22.2 Å². The molecule has 0 saturated carbocycles. The molecule has 0 aliphatic heterocycles. The number of rotatable bonds is 10. The first-order valence-electron chi connectivity index (χ1n) is 11.5. The summed E-state index contributed by atoms with van der Waals surface area (Å²) in [6.07, 6.45) is -0.607. The molecule has 0 saturated heterocycles. The highest BCUT2D eigenvalue weighted by molar-refractivity contribution is 7.96. The number of hydrogen-bond acceptors (Lipinski definition) is 7. The van der Waals surface area contributed by atoms with Gasteiger partial charge >= 0.3 is 6.18 Å². The van der Waals surface area contributed by atoms with Gasteiger partial charge in [0.1, 0.15) is 23.6 Å². The summed E-state index contributed by atoms with van der Waals surface area (Å²) < 4.78 is 89.6. The highest BCUT2D eigenvalue weighted by Gasteiger charge is 2.33. The van der Waals surface area contributed by atoms with E-state index in [1.165, 1.54) is 48.3 Å². The van der Waals surface area contributed by atoms with Crippen LogP contribution in [0.3, 0.4) is 0 Å². The summed E-state index contributed by atoms with van der Waals surface area (Å²) in [5.41, 5.74) is -1.42. The number of benzene rings is 3. The number of aromatic nitrogens is 2. The number of nitrogens with zero attached hydrogens (tertiary/aromatic N) is 2. The zero-order valence-corrected chi connectivity index (χ0v) is 21.8. The van der Waals surface area contributed by atoms with E-state index in [1.807, 2.05) is 6.26 Å². The van der Waals surface area contributed by atoms with Crippen molar-refractivity contribution in [3.63, 3.8) is 0 Å². The summed E-state index contributed by atoms with van der Waals surface area (Å²) in [6.45, 7) is 0.700. The van der Waals surface area contributed by atoms with Crippen LogP contribution in [-0.2, 0) is 16.0 Å². The summed E-state index contributed by atoms with van der Waals surface area (Å²) in [5.74, 6) is -0.382. The molecule has 0 fully saturated rings. The molecule has 38 heavy (non-hydrogen) atoms. The summed E-state index contributed by atoms with van der Waals surface area (Å²) in [6, 6.07) is 13.2.